The molecule has 1 heterocycles. The summed E-state index contributed by atoms with van der Waals surface area (Å²) in [4.78, 5) is 16.1. The average molecular weight is 331 g/mol. The second-order valence-corrected chi connectivity index (χ2v) is 5.20. The molecule has 0 spiro atoms. The molecule has 0 saturated heterocycles. The van der Waals surface area contributed by atoms with E-state index in [2.05, 4.69) is 15.5 Å². The van der Waals surface area contributed by atoms with Gasteiger partial charge in [0.2, 0.25) is 0 Å². The quantitative estimate of drug-likeness (QED) is 0.590. The lowest BCUT2D eigenvalue weighted by molar-refractivity contribution is -0.121. The van der Waals surface area contributed by atoms with Gasteiger partial charge in [0.1, 0.15) is 12.4 Å². The van der Waals surface area contributed by atoms with Crippen LogP contribution in [0.15, 0.2) is 53.9 Å². The monoisotopic (exact) mass is 330 g/mol. The summed E-state index contributed by atoms with van der Waals surface area (Å²) >= 11 is 5.87. The molecule has 3 aromatic rings. The van der Waals surface area contributed by atoms with E-state index in [1.54, 1.807) is 17.0 Å². The van der Waals surface area contributed by atoms with Crippen molar-refractivity contribution in [3.05, 3.63) is 65.2 Å². The fourth-order valence-corrected chi connectivity index (χ4v) is 2.34. The second-order valence-electron chi connectivity index (χ2n) is 4.79. The molecule has 0 saturated carbocycles. The lowest BCUT2D eigenvalue weighted by Crippen LogP contribution is -2.22. The number of halogens is 2. The number of carbonyl (C=O) groups excluding carboxylic acids is 1. The van der Waals surface area contributed by atoms with Crippen molar-refractivity contribution < 1.29 is 9.18 Å². The number of rotatable bonds is 4. The Kier molecular flexibility index (Phi) is 4.34. The average Bonchev–Trinajstić information content (AvgIpc) is 2.93. The minimum atomic E-state index is -0.504. The molecule has 1 amide bonds. The van der Waals surface area contributed by atoms with E-state index in [-0.39, 0.29) is 23.0 Å². The number of benzene rings is 2. The Morgan fingerprint density at radius 1 is 1.30 bits per heavy atom. The third-order valence-electron chi connectivity index (χ3n) is 3.22. The van der Waals surface area contributed by atoms with Gasteiger partial charge in [-0.25, -0.2) is 14.8 Å². The largest absolute Gasteiger partial charge is 0.321 e. The maximum Gasteiger partial charge on any atom is 0.260 e. The van der Waals surface area contributed by atoms with Crippen molar-refractivity contribution >= 4 is 34.8 Å². The van der Waals surface area contributed by atoms with Gasteiger partial charge in [-0.15, -0.1) is 0 Å². The van der Waals surface area contributed by atoms with Crippen molar-refractivity contribution in [1.29, 1.82) is 0 Å². The van der Waals surface area contributed by atoms with Gasteiger partial charge in [0.25, 0.3) is 5.91 Å². The summed E-state index contributed by atoms with van der Waals surface area (Å²) in [6.07, 6.45) is 2.77. The molecule has 0 unspecified atom stereocenters. The number of aromatic nitrogens is 2. The van der Waals surface area contributed by atoms with Gasteiger partial charge < -0.3 is 4.57 Å². The number of nitrogens with zero attached hydrogens (tertiary/aromatic N) is 3. The zero-order valence-corrected chi connectivity index (χ0v) is 12.7. The molecule has 116 valence electrons. The number of fused-ring (bicyclic) bond motifs is 1. The number of nitrogens with one attached hydrogen (secondary N) is 1. The number of hydrazone groups is 1. The van der Waals surface area contributed by atoms with Crippen LogP contribution in [0.2, 0.25) is 5.02 Å². The Morgan fingerprint density at radius 3 is 2.96 bits per heavy atom. The third kappa shape index (κ3) is 3.37. The fraction of sp³-hybridized carbons (Fsp3) is 0.0625. The molecule has 0 aliphatic rings. The summed E-state index contributed by atoms with van der Waals surface area (Å²) in [5.74, 6) is -0.854. The van der Waals surface area contributed by atoms with Gasteiger partial charge in [-0.1, -0.05) is 29.8 Å². The maximum atomic E-state index is 13.6. The SMILES string of the molecule is O=C(Cn1cnc2ccccc21)NN=Cc1c(F)cccc1Cl. The van der Waals surface area contributed by atoms with Crippen molar-refractivity contribution in [2.75, 3.05) is 0 Å². The number of hydrogen-bond acceptors (Lipinski definition) is 3. The summed E-state index contributed by atoms with van der Waals surface area (Å²) in [5.41, 5.74) is 4.13. The lowest BCUT2D eigenvalue weighted by Gasteiger charge is -2.03. The molecule has 1 aromatic heterocycles. The van der Waals surface area contributed by atoms with E-state index < -0.39 is 5.82 Å². The lowest BCUT2D eigenvalue weighted by atomic mass is 10.2. The molecule has 0 bridgehead atoms. The summed E-state index contributed by atoms with van der Waals surface area (Å²) in [6, 6.07) is 11.8. The summed E-state index contributed by atoms with van der Waals surface area (Å²) < 4.78 is 15.3. The minimum Gasteiger partial charge on any atom is -0.321 e. The van der Waals surface area contributed by atoms with Crippen LogP contribution in [0, 0.1) is 5.82 Å². The van der Waals surface area contributed by atoms with Gasteiger partial charge in [0.05, 0.1) is 28.6 Å². The van der Waals surface area contributed by atoms with Gasteiger partial charge in [0, 0.05) is 5.56 Å². The van der Waals surface area contributed by atoms with Crippen molar-refractivity contribution in [2.24, 2.45) is 5.10 Å². The first-order valence-electron chi connectivity index (χ1n) is 6.81. The van der Waals surface area contributed by atoms with Crippen LogP contribution >= 0.6 is 11.6 Å². The molecule has 0 aliphatic heterocycles. The molecule has 1 N–H and O–H groups in total. The summed E-state index contributed by atoms with van der Waals surface area (Å²) in [7, 11) is 0. The normalized spacial score (nSPS) is 11.2. The first kappa shape index (κ1) is 15.2. The Morgan fingerprint density at radius 2 is 2.13 bits per heavy atom. The zero-order valence-electron chi connectivity index (χ0n) is 11.9. The van der Waals surface area contributed by atoms with Gasteiger partial charge in [-0.05, 0) is 24.3 Å². The minimum absolute atomic E-state index is 0.0584. The van der Waals surface area contributed by atoms with Crippen molar-refractivity contribution in [3.63, 3.8) is 0 Å². The maximum absolute atomic E-state index is 13.6. The van der Waals surface area contributed by atoms with Crippen LogP contribution in [-0.4, -0.2) is 21.7 Å². The van der Waals surface area contributed by atoms with Crippen LogP contribution in [0.4, 0.5) is 4.39 Å². The first-order chi connectivity index (χ1) is 11.1. The number of para-hydroxylation sites is 2. The highest BCUT2D eigenvalue weighted by Gasteiger charge is 2.07. The molecule has 23 heavy (non-hydrogen) atoms. The summed E-state index contributed by atoms with van der Waals surface area (Å²) in [5, 5.41) is 3.97. The molecule has 0 aliphatic carbocycles. The molecule has 0 radical (unpaired) electrons. The fourth-order valence-electron chi connectivity index (χ4n) is 2.13. The molecule has 5 nitrogen and oxygen atoms in total. The van der Waals surface area contributed by atoms with E-state index in [0.29, 0.717) is 0 Å². The van der Waals surface area contributed by atoms with Gasteiger partial charge in [-0.2, -0.15) is 5.10 Å². The highest BCUT2D eigenvalue weighted by atomic mass is 35.5. The Labute approximate surface area is 136 Å². The molecule has 0 atom stereocenters. The van der Waals surface area contributed by atoms with E-state index in [4.69, 9.17) is 11.6 Å². The summed E-state index contributed by atoms with van der Waals surface area (Å²) in [6.45, 7) is 0.0584. The van der Waals surface area contributed by atoms with Crippen LogP contribution in [0.5, 0.6) is 0 Å². The molecule has 0 fully saturated rings. The molecular formula is C16H12ClFN4O. The standard InChI is InChI=1S/C16H12ClFN4O/c17-12-4-3-5-13(18)11(12)8-20-21-16(23)9-22-10-19-14-6-1-2-7-15(14)22/h1-8,10H,9H2,(H,21,23). The van der Waals surface area contributed by atoms with E-state index >= 15 is 0 Å². The first-order valence-corrected chi connectivity index (χ1v) is 7.19. The number of carbonyl (C=O) groups is 1. The van der Waals surface area contributed by atoms with Crippen LogP contribution < -0.4 is 5.43 Å². The van der Waals surface area contributed by atoms with E-state index in [9.17, 15) is 9.18 Å². The van der Waals surface area contributed by atoms with Crippen LogP contribution in [0.3, 0.4) is 0 Å². The number of amides is 1. The Balaban J connectivity index is 1.67. The molecule has 7 heteroatoms. The van der Waals surface area contributed by atoms with Crippen molar-refractivity contribution in [2.45, 2.75) is 6.54 Å². The van der Waals surface area contributed by atoms with Crippen molar-refractivity contribution in [3.8, 4) is 0 Å². The van der Waals surface area contributed by atoms with E-state index in [1.807, 2.05) is 24.3 Å². The number of hydrogen-bond donors (Lipinski definition) is 1. The van der Waals surface area contributed by atoms with Crippen LogP contribution in [0.25, 0.3) is 11.0 Å². The second kappa shape index (κ2) is 6.58. The predicted molar refractivity (Wildman–Crippen MR) is 86.9 cm³/mol. The zero-order chi connectivity index (χ0) is 16.2. The Bertz CT molecular complexity index is 870. The van der Waals surface area contributed by atoms with Crippen LogP contribution in [-0.2, 0) is 11.3 Å². The van der Waals surface area contributed by atoms with E-state index in [1.165, 1.54) is 18.3 Å². The van der Waals surface area contributed by atoms with Crippen LogP contribution in [0.1, 0.15) is 5.56 Å². The highest BCUT2D eigenvalue weighted by Crippen LogP contribution is 2.16. The molecular weight excluding hydrogens is 319 g/mol. The molecule has 3 rings (SSSR count). The van der Waals surface area contributed by atoms with Gasteiger partial charge in [-0.3, -0.25) is 4.79 Å². The topological polar surface area (TPSA) is 59.3 Å². The highest BCUT2D eigenvalue weighted by molar-refractivity contribution is 6.33. The van der Waals surface area contributed by atoms with Gasteiger partial charge >= 0.3 is 0 Å². The number of imidazole rings is 1. The van der Waals surface area contributed by atoms with Gasteiger partial charge in [0.15, 0.2) is 0 Å². The smallest absolute Gasteiger partial charge is 0.260 e. The third-order valence-corrected chi connectivity index (χ3v) is 3.55. The predicted octanol–water partition coefficient (Wildman–Crippen LogP) is 2.98. The van der Waals surface area contributed by atoms with E-state index in [0.717, 1.165) is 11.0 Å². The Hall–Kier alpha value is -2.73. The van der Waals surface area contributed by atoms with Crippen molar-refractivity contribution in [1.82, 2.24) is 15.0 Å². The molecule has 2 aromatic carbocycles.